The van der Waals surface area contributed by atoms with Crippen molar-refractivity contribution in [1.82, 2.24) is 10.3 Å². The van der Waals surface area contributed by atoms with Crippen LogP contribution in [0, 0.1) is 5.82 Å². The van der Waals surface area contributed by atoms with Gasteiger partial charge >= 0.3 is 0 Å². The summed E-state index contributed by atoms with van der Waals surface area (Å²) in [7, 11) is 1.79. The van der Waals surface area contributed by atoms with Crippen LogP contribution in [0.15, 0.2) is 42.6 Å². The first kappa shape index (κ1) is 15.0. The molecule has 1 heterocycles. The third-order valence-electron chi connectivity index (χ3n) is 3.11. The topological polar surface area (TPSA) is 54.0 Å². The second kappa shape index (κ2) is 6.83. The minimum absolute atomic E-state index is 0.0667. The highest BCUT2D eigenvalue weighted by atomic mass is 19.1. The van der Waals surface area contributed by atoms with Gasteiger partial charge in [-0.25, -0.2) is 4.39 Å². The van der Waals surface area contributed by atoms with Gasteiger partial charge in [-0.3, -0.25) is 9.78 Å². The van der Waals surface area contributed by atoms with Gasteiger partial charge in [0, 0.05) is 25.0 Å². The van der Waals surface area contributed by atoms with Gasteiger partial charge in [0.2, 0.25) is 0 Å². The second-order valence-corrected chi connectivity index (χ2v) is 4.88. The number of aromatic nitrogens is 1. The summed E-state index contributed by atoms with van der Waals surface area (Å²) in [5, 5.41) is 5.85. The second-order valence-electron chi connectivity index (χ2n) is 4.88. The van der Waals surface area contributed by atoms with E-state index >= 15 is 0 Å². The van der Waals surface area contributed by atoms with Crippen molar-refractivity contribution in [1.29, 1.82) is 0 Å². The highest BCUT2D eigenvalue weighted by molar-refractivity contribution is 5.93. The number of nitrogens with zero attached hydrogens (tertiary/aromatic N) is 1. The number of anilines is 1. The molecule has 2 rings (SSSR count). The molecule has 0 fully saturated rings. The summed E-state index contributed by atoms with van der Waals surface area (Å²) in [6.07, 6.45) is 2.23. The molecule has 1 unspecified atom stereocenters. The quantitative estimate of drug-likeness (QED) is 0.889. The zero-order chi connectivity index (χ0) is 15.2. The van der Waals surface area contributed by atoms with E-state index in [4.69, 9.17) is 0 Å². The lowest BCUT2D eigenvalue weighted by molar-refractivity contribution is 0.0935. The van der Waals surface area contributed by atoms with E-state index in [1.165, 1.54) is 12.1 Å². The molecule has 0 radical (unpaired) electrons. The molecule has 1 atom stereocenters. The van der Waals surface area contributed by atoms with Crippen molar-refractivity contribution in [2.45, 2.75) is 19.4 Å². The molecule has 0 spiro atoms. The average Bonchev–Trinajstić information content (AvgIpc) is 2.49. The fourth-order valence-corrected chi connectivity index (χ4v) is 2.03. The summed E-state index contributed by atoms with van der Waals surface area (Å²) >= 11 is 0. The Hall–Kier alpha value is -2.43. The Bertz CT molecular complexity index is 613. The third kappa shape index (κ3) is 4.27. The normalized spacial score (nSPS) is 11.8. The molecule has 0 bridgehead atoms. The monoisotopic (exact) mass is 287 g/mol. The summed E-state index contributed by atoms with van der Waals surface area (Å²) in [5.74, 6) is -0.481. The summed E-state index contributed by atoms with van der Waals surface area (Å²) in [6, 6.07) is 9.70. The smallest absolute Gasteiger partial charge is 0.270 e. The maximum atomic E-state index is 12.8. The van der Waals surface area contributed by atoms with E-state index in [2.05, 4.69) is 15.6 Å². The summed E-state index contributed by atoms with van der Waals surface area (Å²) in [5.41, 5.74) is 2.18. The van der Waals surface area contributed by atoms with Gasteiger partial charge in [0.15, 0.2) is 0 Å². The number of halogens is 1. The zero-order valence-corrected chi connectivity index (χ0v) is 12.1. The van der Waals surface area contributed by atoms with Crippen molar-refractivity contribution >= 4 is 11.6 Å². The van der Waals surface area contributed by atoms with E-state index in [-0.39, 0.29) is 17.8 Å². The number of carbonyl (C=O) groups is 1. The van der Waals surface area contributed by atoms with Gasteiger partial charge in [-0.15, -0.1) is 0 Å². The summed E-state index contributed by atoms with van der Waals surface area (Å²) in [4.78, 5) is 16.2. The van der Waals surface area contributed by atoms with E-state index in [0.717, 1.165) is 11.3 Å². The fourth-order valence-electron chi connectivity index (χ4n) is 2.03. The van der Waals surface area contributed by atoms with Crippen molar-refractivity contribution in [2.24, 2.45) is 0 Å². The van der Waals surface area contributed by atoms with Crippen LogP contribution in [-0.4, -0.2) is 24.0 Å². The first-order chi connectivity index (χ1) is 10.1. The molecule has 5 heteroatoms. The Morgan fingerprint density at radius 3 is 2.67 bits per heavy atom. The Labute approximate surface area is 123 Å². The van der Waals surface area contributed by atoms with Crippen LogP contribution in [0.4, 0.5) is 10.1 Å². The van der Waals surface area contributed by atoms with Crippen LogP contribution < -0.4 is 10.6 Å². The van der Waals surface area contributed by atoms with Gasteiger partial charge in [0.1, 0.15) is 11.5 Å². The zero-order valence-electron chi connectivity index (χ0n) is 12.1. The molecule has 21 heavy (non-hydrogen) atoms. The molecule has 1 aromatic carbocycles. The Balaban J connectivity index is 1.96. The van der Waals surface area contributed by atoms with Gasteiger partial charge in [-0.2, -0.15) is 0 Å². The first-order valence-electron chi connectivity index (χ1n) is 6.77. The van der Waals surface area contributed by atoms with Crippen LogP contribution in [-0.2, 0) is 6.42 Å². The van der Waals surface area contributed by atoms with Gasteiger partial charge in [-0.1, -0.05) is 12.1 Å². The maximum absolute atomic E-state index is 12.8. The first-order valence-corrected chi connectivity index (χ1v) is 6.77. The number of benzene rings is 1. The minimum Gasteiger partial charge on any atom is -0.388 e. The molecular formula is C16H18FN3O. The Morgan fingerprint density at radius 1 is 1.29 bits per heavy atom. The van der Waals surface area contributed by atoms with Gasteiger partial charge in [-0.05, 0) is 43.2 Å². The number of rotatable bonds is 5. The molecule has 110 valence electrons. The van der Waals surface area contributed by atoms with Crippen LogP contribution in [0.3, 0.4) is 0 Å². The van der Waals surface area contributed by atoms with Crippen LogP contribution in [0.5, 0.6) is 0 Å². The molecule has 4 nitrogen and oxygen atoms in total. The van der Waals surface area contributed by atoms with Crippen molar-refractivity contribution in [2.75, 3.05) is 12.4 Å². The van der Waals surface area contributed by atoms with Crippen molar-refractivity contribution in [3.8, 4) is 0 Å². The van der Waals surface area contributed by atoms with Gasteiger partial charge in [0.25, 0.3) is 5.91 Å². The van der Waals surface area contributed by atoms with E-state index in [1.54, 1.807) is 37.5 Å². The number of nitrogens with one attached hydrogen (secondary N) is 2. The number of hydrogen-bond acceptors (Lipinski definition) is 3. The molecule has 2 N–H and O–H groups in total. The molecule has 0 aliphatic heterocycles. The van der Waals surface area contributed by atoms with E-state index in [1.807, 2.05) is 6.92 Å². The molecule has 0 saturated heterocycles. The molecule has 1 amide bonds. The van der Waals surface area contributed by atoms with Gasteiger partial charge < -0.3 is 10.6 Å². The summed E-state index contributed by atoms with van der Waals surface area (Å²) in [6.45, 7) is 1.91. The summed E-state index contributed by atoms with van der Waals surface area (Å²) < 4.78 is 12.8. The molecule has 0 saturated carbocycles. The van der Waals surface area contributed by atoms with Gasteiger partial charge in [0.05, 0.1) is 0 Å². The average molecular weight is 287 g/mol. The lowest BCUT2D eigenvalue weighted by atomic mass is 10.1. The lowest BCUT2D eigenvalue weighted by Crippen LogP contribution is -2.34. The van der Waals surface area contributed by atoms with E-state index in [9.17, 15) is 9.18 Å². The van der Waals surface area contributed by atoms with Crippen molar-refractivity contribution in [3.63, 3.8) is 0 Å². The number of carbonyl (C=O) groups excluding carboxylic acids is 1. The highest BCUT2D eigenvalue weighted by Crippen LogP contribution is 2.08. The SMILES string of the molecule is CNc1ccnc(C(=O)NC(C)Cc2ccc(F)cc2)c1. The van der Waals surface area contributed by atoms with E-state index in [0.29, 0.717) is 12.1 Å². The maximum Gasteiger partial charge on any atom is 0.270 e. The number of pyridine rings is 1. The predicted molar refractivity (Wildman–Crippen MR) is 80.8 cm³/mol. The van der Waals surface area contributed by atoms with Crippen molar-refractivity contribution < 1.29 is 9.18 Å². The van der Waals surface area contributed by atoms with Crippen LogP contribution in [0.1, 0.15) is 23.0 Å². The third-order valence-corrected chi connectivity index (χ3v) is 3.11. The van der Waals surface area contributed by atoms with Crippen molar-refractivity contribution in [3.05, 3.63) is 59.7 Å². The van der Waals surface area contributed by atoms with Crippen LogP contribution in [0.25, 0.3) is 0 Å². The fraction of sp³-hybridized carbons (Fsp3) is 0.250. The lowest BCUT2D eigenvalue weighted by Gasteiger charge is -2.14. The van der Waals surface area contributed by atoms with Crippen LogP contribution >= 0.6 is 0 Å². The molecule has 1 aromatic heterocycles. The Morgan fingerprint density at radius 2 is 2.00 bits per heavy atom. The number of hydrogen-bond donors (Lipinski definition) is 2. The molecule has 0 aliphatic carbocycles. The Kier molecular flexibility index (Phi) is 4.87. The predicted octanol–water partition coefficient (Wildman–Crippen LogP) is 2.62. The largest absolute Gasteiger partial charge is 0.388 e. The highest BCUT2D eigenvalue weighted by Gasteiger charge is 2.12. The minimum atomic E-state index is -0.261. The standard InChI is InChI=1S/C16H18FN3O/c1-11(9-12-3-5-13(17)6-4-12)20-16(21)15-10-14(18-2)7-8-19-15/h3-8,10-11H,9H2,1-2H3,(H,18,19)(H,20,21). The molecule has 0 aliphatic rings. The van der Waals surface area contributed by atoms with Crippen LogP contribution in [0.2, 0.25) is 0 Å². The molecule has 2 aromatic rings. The number of amides is 1. The molecular weight excluding hydrogens is 269 g/mol. The van der Waals surface area contributed by atoms with E-state index < -0.39 is 0 Å².